The Morgan fingerprint density at radius 3 is 1.12 bits per heavy atom. The summed E-state index contributed by atoms with van der Waals surface area (Å²) in [5.41, 5.74) is 18.2. The fraction of sp³-hybridized carbons (Fsp3) is 0.170. The predicted molar refractivity (Wildman–Crippen MR) is 234 cm³/mol. The molecule has 0 bridgehead atoms. The molecule has 0 spiro atoms. The molecule has 0 nitrogen and oxygen atoms in total. The van der Waals surface area contributed by atoms with Crippen LogP contribution in [0.1, 0.15) is 61.2 Å². The van der Waals surface area contributed by atoms with E-state index in [-0.39, 0.29) is 0 Å². The van der Waals surface area contributed by atoms with E-state index in [0.717, 1.165) is 0 Å². The van der Waals surface area contributed by atoms with Crippen molar-refractivity contribution in [3.8, 4) is 20.9 Å². The maximum absolute atomic E-state index is 10.7. The summed E-state index contributed by atoms with van der Waals surface area (Å²) in [6.45, 7) is 17.8. The van der Waals surface area contributed by atoms with Gasteiger partial charge in [-0.15, -0.1) is 0 Å². The van der Waals surface area contributed by atoms with Crippen LogP contribution in [0.4, 0.5) is 25.2 Å². The molecule has 9 heteroatoms. The van der Waals surface area contributed by atoms with Gasteiger partial charge in [-0.05, 0) is 134 Å². The molecule has 1 aliphatic rings. The number of aryl methyl sites for hydroxylation is 8. The van der Waals surface area contributed by atoms with Crippen molar-refractivity contribution < 1.29 is 25.2 Å². The van der Waals surface area contributed by atoms with Crippen molar-refractivity contribution in [2.24, 2.45) is 0 Å². The number of thioether (sulfide) groups is 1. The molecule has 4 aromatic carbocycles. The van der Waals surface area contributed by atoms with Crippen molar-refractivity contribution >= 4 is 46.8 Å². The summed E-state index contributed by atoms with van der Waals surface area (Å²) in [5, 5.41) is 0. The predicted octanol–water partition coefficient (Wildman–Crippen LogP) is 17.5. The van der Waals surface area contributed by atoms with E-state index < -0.39 is 7.81 Å². The molecule has 0 atom stereocenters. The summed E-state index contributed by atoms with van der Waals surface area (Å²) >= 11 is 3.77. The standard InChI is InChI=1S/C47H45S2.F6P/c1-30-16-12-17-31(2)44(30)40-26-38(27-41(48-40)45-32(3)18-13-19-33(45)4)24-10-9-11-25-39-28-42(46-34(5)20-14-21-35(46)6)49-43(29-39)47-36(7)22-15-23-37(47)8;1-7(2,3,4,5)6/h9-29H,1-8H3;/q+1;-1. The van der Waals surface area contributed by atoms with Gasteiger partial charge in [-0.1, -0.05) is 115 Å². The molecule has 0 radical (unpaired) electrons. The van der Waals surface area contributed by atoms with Crippen LogP contribution in [0.2, 0.25) is 0 Å². The fourth-order valence-electron chi connectivity index (χ4n) is 6.94. The quantitative estimate of drug-likeness (QED) is 0.0682. The molecule has 6 rings (SSSR count). The second kappa shape index (κ2) is 16.2. The molecule has 292 valence electrons. The molecule has 2 heterocycles. The Kier molecular flexibility index (Phi) is 12.3. The first-order valence-electron chi connectivity index (χ1n) is 18.0. The zero-order valence-corrected chi connectivity index (χ0v) is 35.2. The average molecular weight is 819 g/mol. The molecular weight excluding hydrogens is 774 g/mol. The van der Waals surface area contributed by atoms with Crippen LogP contribution >= 0.6 is 30.9 Å². The molecule has 1 aromatic heterocycles. The number of rotatable bonds is 7. The monoisotopic (exact) mass is 818 g/mol. The summed E-state index contributed by atoms with van der Waals surface area (Å²) in [4.78, 5) is 5.20. The van der Waals surface area contributed by atoms with Crippen molar-refractivity contribution in [3.05, 3.63) is 188 Å². The van der Waals surface area contributed by atoms with Crippen LogP contribution in [0.3, 0.4) is 0 Å². The minimum atomic E-state index is -10.7. The first-order chi connectivity index (χ1) is 26.0. The van der Waals surface area contributed by atoms with E-state index in [1.54, 1.807) is 0 Å². The summed E-state index contributed by atoms with van der Waals surface area (Å²) < 4.78 is 59.2. The van der Waals surface area contributed by atoms with Crippen molar-refractivity contribution in [2.45, 2.75) is 55.4 Å². The van der Waals surface area contributed by atoms with Crippen LogP contribution in [0.15, 0.2) is 127 Å². The molecule has 0 saturated heterocycles. The Labute approximate surface area is 335 Å². The van der Waals surface area contributed by atoms with Gasteiger partial charge in [0.25, 0.3) is 0 Å². The molecule has 56 heavy (non-hydrogen) atoms. The number of benzene rings is 4. The van der Waals surface area contributed by atoms with Gasteiger partial charge in [-0.2, -0.15) is 0 Å². The van der Waals surface area contributed by atoms with Gasteiger partial charge in [0.15, 0.2) is 0 Å². The van der Waals surface area contributed by atoms with Crippen molar-refractivity contribution in [2.75, 3.05) is 0 Å². The van der Waals surface area contributed by atoms with Crippen LogP contribution < -0.4 is 0 Å². The summed E-state index contributed by atoms with van der Waals surface area (Å²) in [5.74, 6) is 0. The molecule has 0 N–H and O–H groups in total. The molecule has 0 amide bonds. The first kappa shape index (κ1) is 42.6. The van der Waals surface area contributed by atoms with Gasteiger partial charge in [-0.3, -0.25) is 0 Å². The van der Waals surface area contributed by atoms with Gasteiger partial charge in [-0.25, -0.2) is 0 Å². The molecule has 1 aliphatic heterocycles. The molecule has 0 saturated carbocycles. The van der Waals surface area contributed by atoms with E-state index in [0.29, 0.717) is 0 Å². The van der Waals surface area contributed by atoms with Gasteiger partial charge in [0.05, 0.1) is 0 Å². The summed E-state index contributed by atoms with van der Waals surface area (Å²) in [7, 11) is -10.7. The van der Waals surface area contributed by atoms with Crippen molar-refractivity contribution in [3.63, 3.8) is 0 Å². The Balaban J connectivity index is 0.000000784. The zero-order valence-electron chi connectivity index (χ0n) is 32.7. The second-order valence-corrected chi connectivity index (χ2v) is 18.3. The van der Waals surface area contributed by atoms with Crippen molar-refractivity contribution in [1.82, 2.24) is 0 Å². The van der Waals surface area contributed by atoms with Crippen LogP contribution in [0, 0.1) is 55.4 Å². The fourth-order valence-corrected chi connectivity index (χ4v) is 9.89. The SMILES string of the molecule is Cc1cccc(C)c1C1=CC(=C/C=C/C=C/c2cc(-c3c(C)cccc3C)[s+]c(-c3c(C)cccc3C)c2)C=C(c2c(C)cccc2C)S1.F[P-](F)(F)(F)(F)F. The van der Waals surface area contributed by atoms with Gasteiger partial charge < -0.3 is 0 Å². The van der Waals surface area contributed by atoms with E-state index in [1.807, 2.05) is 23.1 Å². The van der Waals surface area contributed by atoms with Gasteiger partial charge >= 0.3 is 33.0 Å². The maximum atomic E-state index is 9.87. The van der Waals surface area contributed by atoms with Crippen LogP contribution in [0.5, 0.6) is 0 Å². The number of hydrogen-bond donors (Lipinski definition) is 0. The van der Waals surface area contributed by atoms with E-state index in [2.05, 4.69) is 183 Å². The van der Waals surface area contributed by atoms with Crippen LogP contribution in [-0.2, 0) is 0 Å². The molecular formula is C47H45F6PS2. The van der Waals surface area contributed by atoms with E-state index in [1.165, 1.54) is 97.5 Å². The van der Waals surface area contributed by atoms with Crippen LogP contribution in [-0.4, -0.2) is 0 Å². The third-order valence-electron chi connectivity index (χ3n) is 9.34. The molecule has 5 aromatic rings. The summed E-state index contributed by atoms with van der Waals surface area (Å²) in [6, 6.07) is 31.1. The number of allylic oxidation sites excluding steroid dienone is 7. The Bertz CT molecular complexity index is 2240. The number of hydrogen-bond acceptors (Lipinski definition) is 1. The average Bonchev–Trinajstić information content (AvgIpc) is 3.06. The second-order valence-electron chi connectivity index (χ2n) is 14.2. The molecule has 0 fully saturated rings. The van der Waals surface area contributed by atoms with E-state index in [9.17, 15) is 25.2 Å². The van der Waals surface area contributed by atoms with Crippen molar-refractivity contribution in [1.29, 1.82) is 0 Å². The first-order valence-corrected chi connectivity index (χ1v) is 21.7. The van der Waals surface area contributed by atoms with E-state index in [4.69, 9.17) is 0 Å². The Morgan fingerprint density at radius 1 is 0.464 bits per heavy atom. The van der Waals surface area contributed by atoms with Gasteiger partial charge in [0, 0.05) is 33.1 Å². The third kappa shape index (κ3) is 11.8. The van der Waals surface area contributed by atoms with Gasteiger partial charge in [0.1, 0.15) is 0 Å². The number of halogens is 6. The zero-order chi connectivity index (χ0) is 41.1. The Hall–Kier alpha value is -4.49. The summed E-state index contributed by atoms with van der Waals surface area (Å²) in [6.07, 6.45) is 15.7. The normalized spacial score (nSPS) is 14.5. The molecule has 0 unspecified atom stereocenters. The van der Waals surface area contributed by atoms with Gasteiger partial charge in [0.2, 0.25) is 21.1 Å². The van der Waals surface area contributed by atoms with Crippen LogP contribution in [0.25, 0.3) is 36.8 Å². The Morgan fingerprint density at radius 2 is 0.786 bits per heavy atom. The minimum absolute atomic E-state index is 1.20. The third-order valence-corrected chi connectivity index (χ3v) is 11.5. The topological polar surface area (TPSA) is 0 Å². The van der Waals surface area contributed by atoms with E-state index >= 15 is 0 Å². The molecule has 0 aliphatic carbocycles.